The summed E-state index contributed by atoms with van der Waals surface area (Å²) in [6.45, 7) is 9.40. The predicted octanol–water partition coefficient (Wildman–Crippen LogP) is 5.74. The summed E-state index contributed by atoms with van der Waals surface area (Å²) < 4.78 is 0. The third kappa shape index (κ3) is 2.50. The van der Waals surface area contributed by atoms with Crippen molar-refractivity contribution in [2.75, 3.05) is 0 Å². The van der Waals surface area contributed by atoms with Crippen LogP contribution in [0, 0.1) is 34.0 Å². The number of carboxylic acids is 1. The molecule has 1 spiro atoms. The molecule has 2 bridgehead atoms. The Morgan fingerprint density at radius 1 is 1.07 bits per heavy atom. The van der Waals surface area contributed by atoms with Crippen LogP contribution in [0.15, 0.2) is 29.8 Å². The highest BCUT2D eigenvalue weighted by Crippen LogP contribution is 2.75. The average molecular weight is 369 g/mol. The molecule has 3 nitrogen and oxygen atoms in total. The highest BCUT2D eigenvalue weighted by Gasteiger charge is 2.68. The summed E-state index contributed by atoms with van der Waals surface area (Å²) in [4.78, 5) is 12.4. The molecular weight excluding hydrogens is 336 g/mol. The smallest absolute Gasteiger partial charge is 0.332 e. The standard InChI is InChI=1S/C24H32O3/c1-15-5-10-19-22(2,3)20-14-24(15,19)12-11-23(20,4)18(21(26)27)13-16-6-8-17(25)9-7-16/h6-9,13,15,19-20,25H,5,10-12,14H2,1-4H3,(H,26,27)/b18-13-. The van der Waals surface area contributed by atoms with Gasteiger partial charge in [-0.1, -0.05) is 39.8 Å². The Kier molecular flexibility index (Phi) is 4.04. The van der Waals surface area contributed by atoms with Crippen LogP contribution in [-0.4, -0.2) is 16.2 Å². The number of benzene rings is 1. The number of hydrogen-bond acceptors (Lipinski definition) is 2. The normalized spacial score (nSPS) is 40.0. The molecule has 0 aromatic heterocycles. The predicted molar refractivity (Wildman–Crippen MR) is 107 cm³/mol. The van der Waals surface area contributed by atoms with Crippen LogP contribution in [0.1, 0.15) is 65.4 Å². The second-order valence-corrected chi connectivity index (χ2v) is 10.2. The van der Waals surface area contributed by atoms with Crippen molar-refractivity contribution in [2.24, 2.45) is 34.0 Å². The minimum atomic E-state index is -0.803. The molecule has 1 aromatic carbocycles. The van der Waals surface area contributed by atoms with Crippen molar-refractivity contribution in [1.29, 1.82) is 0 Å². The van der Waals surface area contributed by atoms with E-state index in [-0.39, 0.29) is 16.6 Å². The molecule has 0 saturated heterocycles. The van der Waals surface area contributed by atoms with Gasteiger partial charge in [-0.15, -0.1) is 0 Å². The molecule has 0 aliphatic heterocycles. The SMILES string of the molecule is CC1CCC2C(C)(C)C3CC12CCC3(C)/C(=C\c1ccc(O)cc1)C(=O)O. The van der Waals surface area contributed by atoms with Gasteiger partial charge in [-0.2, -0.15) is 0 Å². The fraction of sp³-hybridized carbons (Fsp3) is 0.625. The number of fused-ring (bicyclic) bond motifs is 1. The van der Waals surface area contributed by atoms with Crippen molar-refractivity contribution >= 4 is 12.0 Å². The van der Waals surface area contributed by atoms with E-state index in [0.717, 1.165) is 30.2 Å². The molecule has 3 heteroatoms. The minimum Gasteiger partial charge on any atom is -0.508 e. The van der Waals surface area contributed by atoms with Crippen molar-refractivity contribution < 1.29 is 15.0 Å². The zero-order valence-corrected chi connectivity index (χ0v) is 17.0. The topological polar surface area (TPSA) is 57.5 Å². The summed E-state index contributed by atoms with van der Waals surface area (Å²) in [5.41, 5.74) is 1.66. The van der Waals surface area contributed by atoms with Crippen LogP contribution in [-0.2, 0) is 4.79 Å². The van der Waals surface area contributed by atoms with Gasteiger partial charge in [-0.25, -0.2) is 4.79 Å². The molecule has 3 aliphatic rings. The first-order valence-electron chi connectivity index (χ1n) is 10.4. The maximum Gasteiger partial charge on any atom is 0.332 e. The molecule has 3 aliphatic carbocycles. The first-order valence-corrected chi connectivity index (χ1v) is 10.4. The van der Waals surface area contributed by atoms with Crippen molar-refractivity contribution in [1.82, 2.24) is 0 Å². The maximum absolute atomic E-state index is 12.4. The van der Waals surface area contributed by atoms with Gasteiger partial charge in [0.25, 0.3) is 0 Å². The quantitative estimate of drug-likeness (QED) is 0.669. The summed E-state index contributed by atoms with van der Waals surface area (Å²) in [5, 5.41) is 19.7. The van der Waals surface area contributed by atoms with E-state index in [1.807, 2.05) is 6.08 Å². The van der Waals surface area contributed by atoms with Gasteiger partial charge >= 0.3 is 5.97 Å². The molecule has 3 fully saturated rings. The first kappa shape index (κ1) is 18.6. The van der Waals surface area contributed by atoms with Crippen LogP contribution in [0.3, 0.4) is 0 Å². The molecule has 3 saturated carbocycles. The van der Waals surface area contributed by atoms with E-state index in [0.29, 0.717) is 16.9 Å². The highest BCUT2D eigenvalue weighted by atomic mass is 16.4. The van der Waals surface area contributed by atoms with Crippen LogP contribution >= 0.6 is 0 Å². The van der Waals surface area contributed by atoms with Crippen LogP contribution < -0.4 is 0 Å². The van der Waals surface area contributed by atoms with Crippen molar-refractivity contribution in [3.63, 3.8) is 0 Å². The molecule has 5 atom stereocenters. The molecule has 0 radical (unpaired) electrons. The summed E-state index contributed by atoms with van der Waals surface area (Å²) >= 11 is 0. The molecule has 146 valence electrons. The Morgan fingerprint density at radius 3 is 2.37 bits per heavy atom. The fourth-order valence-electron chi connectivity index (χ4n) is 7.44. The highest BCUT2D eigenvalue weighted by molar-refractivity contribution is 5.94. The van der Waals surface area contributed by atoms with Crippen molar-refractivity contribution in [3.8, 4) is 5.75 Å². The van der Waals surface area contributed by atoms with E-state index >= 15 is 0 Å². The lowest BCUT2D eigenvalue weighted by molar-refractivity contribution is -0.135. The van der Waals surface area contributed by atoms with Crippen molar-refractivity contribution in [3.05, 3.63) is 35.4 Å². The summed E-state index contributed by atoms with van der Waals surface area (Å²) in [6, 6.07) is 6.83. The molecule has 4 rings (SSSR count). The molecule has 5 unspecified atom stereocenters. The second-order valence-electron chi connectivity index (χ2n) is 10.2. The maximum atomic E-state index is 12.4. The third-order valence-electron chi connectivity index (χ3n) is 8.87. The Morgan fingerprint density at radius 2 is 1.74 bits per heavy atom. The second kappa shape index (κ2) is 5.86. The van der Waals surface area contributed by atoms with Crippen LogP contribution in [0.5, 0.6) is 5.75 Å². The lowest BCUT2D eigenvalue weighted by Crippen LogP contribution is -2.42. The number of aromatic hydroxyl groups is 1. The molecular formula is C24H32O3. The minimum absolute atomic E-state index is 0.166. The van der Waals surface area contributed by atoms with Crippen LogP contribution in [0.4, 0.5) is 0 Å². The van der Waals surface area contributed by atoms with E-state index in [4.69, 9.17) is 0 Å². The largest absolute Gasteiger partial charge is 0.508 e. The molecule has 0 heterocycles. The monoisotopic (exact) mass is 368 g/mol. The zero-order chi connectivity index (χ0) is 19.6. The van der Waals surface area contributed by atoms with Crippen LogP contribution in [0.2, 0.25) is 0 Å². The number of rotatable bonds is 3. The molecule has 1 aromatic rings. The Hall–Kier alpha value is -1.77. The van der Waals surface area contributed by atoms with Gasteiger partial charge in [-0.05, 0) is 84.5 Å². The van der Waals surface area contributed by atoms with E-state index in [2.05, 4.69) is 27.7 Å². The number of aliphatic carboxylic acids is 1. The summed E-state index contributed by atoms with van der Waals surface area (Å²) in [7, 11) is 0. The summed E-state index contributed by atoms with van der Waals surface area (Å²) in [5.74, 6) is 1.27. The van der Waals surface area contributed by atoms with Gasteiger partial charge in [0.05, 0.1) is 0 Å². The Labute approximate surface area is 162 Å². The van der Waals surface area contributed by atoms with E-state index < -0.39 is 5.97 Å². The average Bonchev–Trinajstić information content (AvgIpc) is 3.03. The molecule has 0 amide bonds. The fourth-order valence-corrected chi connectivity index (χ4v) is 7.44. The van der Waals surface area contributed by atoms with Gasteiger partial charge < -0.3 is 10.2 Å². The van der Waals surface area contributed by atoms with Gasteiger partial charge in [0.15, 0.2) is 0 Å². The number of phenolic OH excluding ortho intramolecular Hbond substituents is 1. The van der Waals surface area contributed by atoms with E-state index in [1.165, 1.54) is 19.3 Å². The number of carbonyl (C=O) groups is 1. The first-order chi connectivity index (χ1) is 12.6. The summed E-state index contributed by atoms with van der Waals surface area (Å²) in [6.07, 6.45) is 7.74. The van der Waals surface area contributed by atoms with Crippen LogP contribution in [0.25, 0.3) is 6.08 Å². The number of phenols is 1. The molecule has 2 N–H and O–H groups in total. The van der Waals surface area contributed by atoms with Crippen molar-refractivity contribution in [2.45, 2.75) is 59.8 Å². The van der Waals surface area contributed by atoms with E-state index in [1.54, 1.807) is 24.3 Å². The van der Waals surface area contributed by atoms with Gasteiger partial charge in [0.2, 0.25) is 0 Å². The Balaban J connectivity index is 1.78. The Bertz CT molecular complexity index is 790. The lowest BCUT2D eigenvalue weighted by Gasteiger charge is -2.48. The number of carboxylic acid groups (broad SMARTS) is 1. The van der Waals surface area contributed by atoms with Gasteiger partial charge in [-0.3, -0.25) is 0 Å². The zero-order valence-electron chi connectivity index (χ0n) is 17.0. The lowest BCUT2D eigenvalue weighted by atomic mass is 9.56. The van der Waals surface area contributed by atoms with Gasteiger partial charge in [0, 0.05) is 11.0 Å². The third-order valence-corrected chi connectivity index (χ3v) is 8.87. The molecule has 27 heavy (non-hydrogen) atoms. The number of hydrogen-bond donors (Lipinski definition) is 2. The van der Waals surface area contributed by atoms with E-state index in [9.17, 15) is 15.0 Å². The van der Waals surface area contributed by atoms with Gasteiger partial charge in [0.1, 0.15) is 5.75 Å².